The summed E-state index contributed by atoms with van der Waals surface area (Å²) >= 11 is 1.36. The topological polar surface area (TPSA) is 72.7 Å². The summed E-state index contributed by atoms with van der Waals surface area (Å²) in [7, 11) is 0. The maximum atomic E-state index is 13.2. The highest BCUT2D eigenvalue weighted by Gasteiger charge is 2.22. The molecule has 0 unspecified atom stereocenters. The highest BCUT2D eigenvalue weighted by molar-refractivity contribution is 7.15. The predicted octanol–water partition coefficient (Wildman–Crippen LogP) is 4.36. The second-order valence-corrected chi connectivity index (χ2v) is 7.55. The second-order valence-electron chi connectivity index (χ2n) is 6.54. The van der Waals surface area contributed by atoms with Crippen molar-refractivity contribution in [2.45, 2.75) is 39.5 Å². The molecule has 8 heteroatoms. The average Bonchev–Trinajstić information content (AvgIpc) is 3.22. The zero-order valence-electron chi connectivity index (χ0n) is 15.0. The quantitative estimate of drug-likeness (QED) is 0.721. The SMILES string of the molecule is CC(C)c1nnc(NC(=O)c2cnn(-c3ccc(F)cc3)c2C(C)C)s1. The van der Waals surface area contributed by atoms with Gasteiger partial charge in [0.1, 0.15) is 10.8 Å². The van der Waals surface area contributed by atoms with Gasteiger partial charge in [0.15, 0.2) is 0 Å². The molecule has 0 fully saturated rings. The molecule has 6 nitrogen and oxygen atoms in total. The zero-order valence-corrected chi connectivity index (χ0v) is 15.8. The molecule has 136 valence electrons. The summed E-state index contributed by atoms with van der Waals surface area (Å²) in [4.78, 5) is 12.7. The Balaban J connectivity index is 1.91. The molecule has 1 N–H and O–H groups in total. The van der Waals surface area contributed by atoms with E-state index in [2.05, 4.69) is 20.6 Å². The molecule has 0 aliphatic rings. The Labute approximate surface area is 155 Å². The van der Waals surface area contributed by atoms with Crippen molar-refractivity contribution in [3.63, 3.8) is 0 Å². The van der Waals surface area contributed by atoms with Crippen LogP contribution in [-0.2, 0) is 0 Å². The van der Waals surface area contributed by atoms with Crippen molar-refractivity contribution in [2.75, 3.05) is 5.32 Å². The van der Waals surface area contributed by atoms with Crippen molar-refractivity contribution in [3.05, 3.63) is 52.5 Å². The number of aromatic nitrogens is 4. The van der Waals surface area contributed by atoms with Crippen molar-refractivity contribution in [2.24, 2.45) is 0 Å². The third kappa shape index (κ3) is 3.65. The maximum absolute atomic E-state index is 13.2. The van der Waals surface area contributed by atoms with Gasteiger partial charge in [-0.2, -0.15) is 5.10 Å². The molecule has 2 aromatic heterocycles. The van der Waals surface area contributed by atoms with Gasteiger partial charge in [-0.15, -0.1) is 10.2 Å². The third-order valence-corrected chi connectivity index (χ3v) is 4.96. The van der Waals surface area contributed by atoms with Gasteiger partial charge in [-0.05, 0) is 30.2 Å². The van der Waals surface area contributed by atoms with Crippen LogP contribution in [0.2, 0.25) is 0 Å². The molecular weight excluding hydrogens is 353 g/mol. The molecule has 26 heavy (non-hydrogen) atoms. The summed E-state index contributed by atoms with van der Waals surface area (Å²) < 4.78 is 14.9. The normalized spacial score (nSPS) is 11.3. The summed E-state index contributed by atoms with van der Waals surface area (Å²) in [5, 5.41) is 16.6. The Bertz CT molecular complexity index is 914. The van der Waals surface area contributed by atoms with Crippen LogP contribution in [0, 0.1) is 5.82 Å². The molecule has 0 spiro atoms. The lowest BCUT2D eigenvalue weighted by atomic mass is 10.1. The van der Waals surface area contributed by atoms with Crippen LogP contribution in [-0.4, -0.2) is 25.9 Å². The van der Waals surface area contributed by atoms with Crippen molar-refractivity contribution in [1.82, 2.24) is 20.0 Å². The number of nitrogens with one attached hydrogen (secondary N) is 1. The molecular formula is C18H20FN5OS. The summed E-state index contributed by atoms with van der Waals surface area (Å²) in [6.45, 7) is 8.01. The van der Waals surface area contributed by atoms with Crippen LogP contribution in [0.25, 0.3) is 5.69 Å². The lowest BCUT2D eigenvalue weighted by molar-refractivity contribution is 0.102. The van der Waals surface area contributed by atoms with E-state index in [9.17, 15) is 9.18 Å². The van der Waals surface area contributed by atoms with E-state index < -0.39 is 0 Å². The number of anilines is 1. The molecule has 2 heterocycles. The molecule has 3 rings (SSSR count). The van der Waals surface area contributed by atoms with Crippen LogP contribution in [0.5, 0.6) is 0 Å². The number of amides is 1. The van der Waals surface area contributed by atoms with Crippen LogP contribution in [0.1, 0.15) is 60.6 Å². The number of carbonyl (C=O) groups is 1. The van der Waals surface area contributed by atoms with Gasteiger partial charge >= 0.3 is 0 Å². The summed E-state index contributed by atoms with van der Waals surface area (Å²) in [5.74, 6) is -0.301. The highest BCUT2D eigenvalue weighted by Crippen LogP contribution is 2.26. The van der Waals surface area contributed by atoms with Crippen LogP contribution >= 0.6 is 11.3 Å². The van der Waals surface area contributed by atoms with Gasteiger partial charge in [0.2, 0.25) is 5.13 Å². The number of benzene rings is 1. The van der Waals surface area contributed by atoms with Crippen LogP contribution in [0.3, 0.4) is 0 Å². The first-order valence-corrected chi connectivity index (χ1v) is 9.17. The fraction of sp³-hybridized carbons (Fsp3) is 0.333. The van der Waals surface area contributed by atoms with E-state index in [4.69, 9.17) is 0 Å². The fourth-order valence-corrected chi connectivity index (χ4v) is 3.30. The molecule has 0 aliphatic carbocycles. The minimum Gasteiger partial charge on any atom is -0.296 e. The lowest BCUT2D eigenvalue weighted by Crippen LogP contribution is -2.15. The first-order chi connectivity index (χ1) is 12.4. The summed E-state index contributed by atoms with van der Waals surface area (Å²) in [6.07, 6.45) is 1.53. The van der Waals surface area contributed by atoms with Crippen molar-refractivity contribution < 1.29 is 9.18 Å². The number of halogens is 1. The highest BCUT2D eigenvalue weighted by atomic mass is 32.1. The Morgan fingerprint density at radius 2 is 1.81 bits per heavy atom. The molecule has 0 atom stereocenters. The van der Waals surface area contributed by atoms with Gasteiger partial charge in [0.05, 0.1) is 23.1 Å². The number of hydrogen-bond acceptors (Lipinski definition) is 5. The van der Waals surface area contributed by atoms with Crippen molar-refractivity contribution in [3.8, 4) is 5.69 Å². The first-order valence-electron chi connectivity index (χ1n) is 8.35. The first kappa shape index (κ1) is 18.2. The summed E-state index contributed by atoms with van der Waals surface area (Å²) in [6, 6.07) is 6.01. The molecule has 3 aromatic rings. The van der Waals surface area contributed by atoms with Crippen LogP contribution in [0.4, 0.5) is 9.52 Å². The Hall–Kier alpha value is -2.61. The van der Waals surface area contributed by atoms with E-state index in [0.717, 1.165) is 10.7 Å². The number of hydrogen-bond donors (Lipinski definition) is 1. The molecule has 0 aliphatic heterocycles. The minimum atomic E-state index is -0.317. The molecule has 1 amide bonds. The second kappa shape index (κ2) is 7.33. The zero-order chi connectivity index (χ0) is 18.8. The maximum Gasteiger partial charge on any atom is 0.260 e. The van der Waals surface area contributed by atoms with Gasteiger partial charge in [-0.1, -0.05) is 39.0 Å². The van der Waals surface area contributed by atoms with Crippen molar-refractivity contribution >= 4 is 22.4 Å². The van der Waals surface area contributed by atoms with E-state index >= 15 is 0 Å². The molecule has 0 saturated heterocycles. The monoisotopic (exact) mass is 373 g/mol. The van der Waals surface area contributed by atoms with E-state index in [0.29, 0.717) is 16.4 Å². The van der Waals surface area contributed by atoms with Gasteiger partial charge in [0, 0.05) is 5.92 Å². The largest absolute Gasteiger partial charge is 0.296 e. The predicted molar refractivity (Wildman–Crippen MR) is 99.6 cm³/mol. The molecule has 1 aromatic carbocycles. The Morgan fingerprint density at radius 1 is 1.12 bits per heavy atom. The third-order valence-electron chi connectivity index (χ3n) is 3.82. The molecule has 0 bridgehead atoms. The molecule has 0 saturated carbocycles. The Morgan fingerprint density at radius 3 is 2.38 bits per heavy atom. The summed E-state index contributed by atoms with van der Waals surface area (Å²) in [5.41, 5.74) is 1.92. The van der Waals surface area contributed by atoms with E-state index in [1.54, 1.807) is 16.8 Å². The average molecular weight is 373 g/mol. The van der Waals surface area contributed by atoms with Gasteiger partial charge in [-0.3, -0.25) is 10.1 Å². The van der Waals surface area contributed by atoms with E-state index in [1.807, 2.05) is 27.7 Å². The van der Waals surface area contributed by atoms with Gasteiger partial charge < -0.3 is 0 Å². The number of carbonyl (C=O) groups excluding carboxylic acids is 1. The van der Waals surface area contributed by atoms with E-state index in [1.165, 1.54) is 29.7 Å². The standard InChI is InChI=1S/C18H20FN5OS/c1-10(2)15-14(9-20-24(15)13-7-5-12(19)6-8-13)16(25)21-18-23-22-17(26-18)11(3)4/h5-11H,1-4H3,(H,21,23,25). The smallest absolute Gasteiger partial charge is 0.260 e. The number of nitrogens with zero attached hydrogens (tertiary/aromatic N) is 4. The lowest BCUT2D eigenvalue weighted by Gasteiger charge is -2.12. The van der Waals surface area contributed by atoms with Crippen LogP contribution in [0.15, 0.2) is 30.5 Å². The molecule has 0 radical (unpaired) electrons. The van der Waals surface area contributed by atoms with Crippen molar-refractivity contribution in [1.29, 1.82) is 0 Å². The fourth-order valence-electron chi connectivity index (χ4n) is 2.56. The minimum absolute atomic E-state index is 0.0453. The van der Waals surface area contributed by atoms with Gasteiger partial charge in [-0.25, -0.2) is 9.07 Å². The van der Waals surface area contributed by atoms with Gasteiger partial charge in [0.25, 0.3) is 5.91 Å². The van der Waals surface area contributed by atoms with Crippen LogP contribution < -0.4 is 5.32 Å². The van der Waals surface area contributed by atoms with E-state index in [-0.39, 0.29) is 23.6 Å². The Kier molecular flexibility index (Phi) is 5.13. The number of rotatable bonds is 5.